The van der Waals surface area contributed by atoms with Gasteiger partial charge in [0.05, 0.1) is 25.0 Å². The molecule has 2 heterocycles. The molecule has 1 fully saturated rings. The first kappa shape index (κ1) is 19.2. The number of rotatable bonds is 6. The van der Waals surface area contributed by atoms with Crippen molar-refractivity contribution in [3.8, 4) is 0 Å². The van der Waals surface area contributed by atoms with Crippen molar-refractivity contribution < 1.29 is 14.3 Å². The standard InChI is InChI=1S/C15H25N3O3.HI/c1-3-16-14(18-11-15(2)7-5-9-21-15)17-10-12(19)13-6-4-8-20-13;/h4,6,8,12,19H,3,5,7,9-11H2,1-2H3,(H2,16,17,18);1H. The molecule has 1 saturated heterocycles. The number of guanidine groups is 1. The molecular weight excluding hydrogens is 397 g/mol. The molecule has 1 aromatic rings. The Morgan fingerprint density at radius 1 is 1.50 bits per heavy atom. The highest BCUT2D eigenvalue weighted by molar-refractivity contribution is 14.0. The molecule has 1 aliphatic heterocycles. The number of hydrogen-bond acceptors (Lipinski definition) is 4. The number of nitrogens with one attached hydrogen (secondary N) is 2. The van der Waals surface area contributed by atoms with Crippen molar-refractivity contribution in [2.75, 3.05) is 26.2 Å². The average Bonchev–Trinajstić information content (AvgIpc) is 3.13. The first-order chi connectivity index (χ1) is 10.1. The molecule has 0 aromatic carbocycles. The predicted molar refractivity (Wildman–Crippen MR) is 96.7 cm³/mol. The molecule has 0 radical (unpaired) electrons. The van der Waals surface area contributed by atoms with Crippen molar-refractivity contribution in [1.82, 2.24) is 10.6 Å². The Hall–Kier alpha value is -0.800. The molecule has 7 heteroatoms. The van der Waals surface area contributed by atoms with E-state index in [0.717, 1.165) is 26.0 Å². The quantitative estimate of drug-likeness (QED) is 0.371. The number of nitrogens with zero attached hydrogens (tertiary/aromatic N) is 1. The predicted octanol–water partition coefficient (Wildman–Crippen LogP) is 2.06. The number of ether oxygens (including phenoxy) is 1. The second-order valence-electron chi connectivity index (χ2n) is 5.51. The van der Waals surface area contributed by atoms with Crippen molar-refractivity contribution in [2.24, 2.45) is 4.99 Å². The Labute approximate surface area is 148 Å². The van der Waals surface area contributed by atoms with Gasteiger partial charge >= 0.3 is 0 Å². The molecule has 2 rings (SSSR count). The van der Waals surface area contributed by atoms with Gasteiger partial charge in [-0.15, -0.1) is 24.0 Å². The summed E-state index contributed by atoms with van der Waals surface area (Å²) in [7, 11) is 0. The fraction of sp³-hybridized carbons (Fsp3) is 0.667. The first-order valence-corrected chi connectivity index (χ1v) is 7.50. The van der Waals surface area contributed by atoms with Crippen molar-refractivity contribution in [3.63, 3.8) is 0 Å². The van der Waals surface area contributed by atoms with Gasteiger partial charge in [0.2, 0.25) is 0 Å². The summed E-state index contributed by atoms with van der Waals surface area (Å²) in [6, 6.07) is 3.51. The van der Waals surface area contributed by atoms with Crippen LogP contribution in [0.1, 0.15) is 38.6 Å². The molecule has 1 aromatic heterocycles. The van der Waals surface area contributed by atoms with Crippen molar-refractivity contribution >= 4 is 29.9 Å². The number of halogens is 1. The summed E-state index contributed by atoms with van der Waals surface area (Å²) in [5.41, 5.74) is -0.165. The SMILES string of the molecule is CCNC(=NCC1(C)CCCO1)NCC(O)c1ccco1.I. The van der Waals surface area contributed by atoms with E-state index in [4.69, 9.17) is 9.15 Å². The lowest BCUT2D eigenvalue weighted by Gasteiger charge is -2.21. The highest BCUT2D eigenvalue weighted by atomic mass is 127. The molecule has 0 bridgehead atoms. The minimum Gasteiger partial charge on any atom is -0.467 e. The fourth-order valence-corrected chi connectivity index (χ4v) is 2.32. The molecule has 2 unspecified atom stereocenters. The molecule has 2 atom stereocenters. The van der Waals surface area contributed by atoms with Crippen LogP contribution in [0.15, 0.2) is 27.8 Å². The van der Waals surface area contributed by atoms with E-state index in [1.165, 1.54) is 0 Å². The maximum Gasteiger partial charge on any atom is 0.191 e. The number of furan rings is 1. The van der Waals surface area contributed by atoms with Crippen molar-refractivity contribution in [1.29, 1.82) is 0 Å². The van der Waals surface area contributed by atoms with Crippen LogP contribution in [0, 0.1) is 0 Å². The van der Waals surface area contributed by atoms with E-state index >= 15 is 0 Å². The molecule has 6 nitrogen and oxygen atoms in total. The Balaban J connectivity index is 0.00000242. The van der Waals surface area contributed by atoms with E-state index in [1.807, 2.05) is 6.92 Å². The van der Waals surface area contributed by atoms with Gasteiger partial charge in [-0.25, -0.2) is 0 Å². The maximum absolute atomic E-state index is 9.99. The monoisotopic (exact) mass is 423 g/mol. The van der Waals surface area contributed by atoms with Gasteiger partial charge in [-0.05, 0) is 38.8 Å². The number of hydrogen-bond donors (Lipinski definition) is 3. The third kappa shape index (κ3) is 5.77. The highest BCUT2D eigenvalue weighted by Crippen LogP contribution is 2.25. The molecule has 0 spiro atoms. The Bertz CT molecular complexity index is 445. The van der Waals surface area contributed by atoms with Crippen LogP contribution in [0.25, 0.3) is 0 Å². The van der Waals surface area contributed by atoms with Crippen LogP contribution in [-0.2, 0) is 4.74 Å². The molecule has 126 valence electrons. The van der Waals surface area contributed by atoms with Gasteiger partial charge in [0.25, 0.3) is 0 Å². The van der Waals surface area contributed by atoms with Gasteiger partial charge < -0.3 is 24.9 Å². The van der Waals surface area contributed by atoms with Crippen LogP contribution >= 0.6 is 24.0 Å². The van der Waals surface area contributed by atoms with E-state index < -0.39 is 6.10 Å². The lowest BCUT2D eigenvalue weighted by atomic mass is 10.0. The third-order valence-electron chi connectivity index (χ3n) is 3.55. The summed E-state index contributed by atoms with van der Waals surface area (Å²) < 4.78 is 10.9. The second kappa shape index (κ2) is 9.36. The zero-order chi connectivity index (χ0) is 15.1. The molecule has 1 aliphatic rings. The average molecular weight is 423 g/mol. The normalized spacial score (nSPS) is 23.0. The van der Waals surface area contributed by atoms with Crippen LogP contribution < -0.4 is 10.6 Å². The van der Waals surface area contributed by atoms with Crippen LogP contribution in [0.2, 0.25) is 0 Å². The van der Waals surface area contributed by atoms with Crippen LogP contribution in [-0.4, -0.2) is 42.9 Å². The summed E-state index contributed by atoms with van der Waals surface area (Å²) >= 11 is 0. The number of aliphatic hydroxyl groups excluding tert-OH is 1. The maximum atomic E-state index is 9.99. The summed E-state index contributed by atoms with van der Waals surface area (Å²) in [4.78, 5) is 4.55. The molecule has 0 amide bonds. The van der Waals surface area contributed by atoms with Crippen LogP contribution in [0.5, 0.6) is 0 Å². The summed E-state index contributed by atoms with van der Waals surface area (Å²) in [6.07, 6.45) is 2.98. The largest absolute Gasteiger partial charge is 0.467 e. The van der Waals surface area contributed by atoms with Gasteiger partial charge in [0, 0.05) is 13.2 Å². The zero-order valence-corrected chi connectivity index (χ0v) is 15.5. The van der Waals surface area contributed by atoms with E-state index in [9.17, 15) is 5.11 Å². The highest BCUT2D eigenvalue weighted by Gasteiger charge is 2.29. The van der Waals surface area contributed by atoms with E-state index in [1.54, 1.807) is 18.4 Å². The lowest BCUT2D eigenvalue weighted by Crippen LogP contribution is -2.40. The van der Waals surface area contributed by atoms with E-state index in [2.05, 4.69) is 22.5 Å². The smallest absolute Gasteiger partial charge is 0.191 e. The molecule has 22 heavy (non-hydrogen) atoms. The number of aliphatic hydroxyl groups is 1. The van der Waals surface area contributed by atoms with Gasteiger partial charge in [-0.2, -0.15) is 0 Å². The zero-order valence-electron chi connectivity index (χ0n) is 13.2. The first-order valence-electron chi connectivity index (χ1n) is 7.50. The molecule has 0 aliphatic carbocycles. The molecule has 0 saturated carbocycles. The molecular formula is C15H26IN3O3. The van der Waals surface area contributed by atoms with Crippen LogP contribution in [0.4, 0.5) is 0 Å². The number of aliphatic imine (C=N–C) groups is 1. The topological polar surface area (TPSA) is 79.0 Å². The lowest BCUT2D eigenvalue weighted by molar-refractivity contribution is 0.0283. The molecule has 3 N–H and O–H groups in total. The van der Waals surface area contributed by atoms with Gasteiger partial charge in [-0.1, -0.05) is 0 Å². The van der Waals surface area contributed by atoms with Gasteiger partial charge in [0.15, 0.2) is 5.96 Å². The van der Waals surface area contributed by atoms with E-state index in [-0.39, 0.29) is 29.6 Å². The van der Waals surface area contributed by atoms with Crippen LogP contribution in [0.3, 0.4) is 0 Å². The Kier molecular flexibility index (Phi) is 8.19. The van der Waals surface area contributed by atoms with Gasteiger partial charge in [0.1, 0.15) is 11.9 Å². The Morgan fingerprint density at radius 2 is 2.32 bits per heavy atom. The second-order valence-corrected chi connectivity index (χ2v) is 5.51. The fourth-order valence-electron chi connectivity index (χ4n) is 2.32. The van der Waals surface area contributed by atoms with Crippen molar-refractivity contribution in [2.45, 2.75) is 38.4 Å². The third-order valence-corrected chi connectivity index (χ3v) is 3.55. The summed E-state index contributed by atoms with van der Waals surface area (Å²) in [5, 5.41) is 16.3. The van der Waals surface area contributed by atoms with E-state index in [0.29, 0.717) is 24.8 Å². The minimum absolute atomic E-state index is 0. The van der Waals surface area contributed by atoms with Gasteiger partial charge in [-0.3, -0.25) is 4.99 Å². The summed E-state index contributed by atoms with van der Waals surface area (Å²) in [5.74, 6) is 1.23. The summed E-state index contributed by atoms with van der Waals surface area (Å²) in [6.45, 7) is 6.63. The van der Waals surface area contributed by atoms with Crippen molar-refractivity contribution in [3.05, 3.63) is 24.2 Å². The minimum atomic E-state index is -0.692. The Morgan fingerprint density at radius 3 is 2.91 bits per heavy atom.